The van der Waals surface area contributed by atoms with Gasteiger partial charge in [0, 0.05) is 11.1 Å². The number of hydrogen-bond donors (Lipinski definition) is 0. The number of rotatable bonds is 1. The lowest BCUT2D eigenvalue weighted by molar-refractivity contribution is 1.76. The van der Waals surface area contributed by atoms with Gasteiger partial charge in [-0.2, -0.15) is 0 Å². The van der Waals surface area contributed by atoms with E-state index in [0.717, 1.165) is 15.1 Å². The zero-order chi connectivity index (χ0) is 10.3. The van der Waals surface area contributed by atoms with Crippen LogP contribution in [-0.4, -0.2) is 0 Å². The summed E-state index contributed by atoms with van der Waals surface area (Å²) in [7, 11) is 0. The molecule has 0 amide bonds. The van der Waals surface area contributed by atoms with Crippen LogP contribution >= 0.6 is 86.4 Å². The van der Waals surface area contributed by atoms with Gasteiger partial charge in [-0.05, 0) is 75.9 Å². The van der Waals surface area contributed by atoms with Crippen molar-refractivity contribution >= 4 is 86.4 Å². The normalized spacial score (nSPS) is 10.9. The number of halogens is 4. The molecule has 0 saturated carbocycles. The van der Waals surface area contributed by atoms with Crippen LogP contribution in [0.1, 0.15) is 0 Å². The molecule has 2 heterocycles. The fourth-order valence-corrected chi connectivity index (χ4v) is 6.74. The Morgan fingerprint density at radius 2 is 1.07 bits per heavy atom. The van der Waals surface area contributed by atoms with Crippen molar-refractivity contribution in [2.24, 2.45) is 0 Å². The maximum absolute atomic E-state index is 3.55. The summed E-state index contributed by atoms with van der Waals surface area (Å²) in [4.78, 5) is 0. The second-order valence-corrected chi connectivity index (χ2v) is 9.97. The molecule has 0 nitrogen and oxygen atoms in total. The highest BCUT2D eigenvalue weighted by Crippen LogP contribution is 2.45. The van der Waals surface area contributed by atoms with Crippen LogP contribution in [0, 0.1) is 0 Å². The first-order chi connectivity index (χ1) is 6.58. The second-order valence-electron chi connectivity index (χ2n) is 2.48. The molecule has 0 fully saturated rings. The van der Waals surface area contributed by atoms with Crippen LogP contribution < -0.4 is 0 Å². The summed E-state index contributed by atoms with van der Waals surface area (Å²) in [6, 6.07) is 4.24. The van der Waals surface area contributed by atoms with Crippen LogP contribution in [-0.2, 0) is 0 Å². The highest BCUT2D eigenvalue weighted by Gasteiger charge is 2.13. The smallest absolute Gasteiger partial charge is 0.0789 e. The van der Waals surface area contributed by atoms with Crippen LogP contribution in [0.5, 0.6) is 0 Å². The van der Waals surface area contributed by atoms with Crippen molar-refractivity contribution in [3.8, 4) is 11.1 Å². The maximum atomic E-state index is 3.55. The van der Waals surface area contributed by atoms with Crippen molar-refractivity contribution in [3.05, 3.63) is 27.3 Å². The van der Waals surface area contributed by atoms with E-state index in [9.17, 15) is 0 Å². The zero-order valence-corrected chi connectivity index (χ0v) is 14.5. The molecule has 2 rings (SSSR count). The lowest BCUT2D eigenvalue weighted by Crippen LogP contribution is -1.68. The third-order valence-electron chi connectivity index (χ3n) is 1.60. The average molecular weight is 482 g/mol. The average Bonchev–Trinajstić information content (AvgIpc) is 2.55. The Balaban J connectivity index is 2.59. The third kappa shape index (κ3) is 2.35. The Kier molecular flexibility index (Phi) is 3.94. The topological polar surface area (TPSA) is 0 Å². The van der Waals surface area contributed by atoms with Crippen LogP contribution in [0.4, 0.5) is 0 Å². The van der Waals surface area contributed by atoms with Crippen LogP contribution in [0.15, 0.2) is 27.3 Å². The van der Waals surface area contributed by atoms with E-state index < -0.39 is 0 Å². The quantitative estimate of drug-likeness (QED) is 0.434. The van der Waals surface area contributed by atoms with E-state index in [0.29, 0.717) is 0 Å². The van der Waals surface area contributed by atoms with Crippen molar-refractivity contribution in [2.75, 3.05) is 0 Å². The molecule has 0 bridgehead atoms. The third-order valence-corrected chi connectivity index (χ3v) is 6.28. The lowest BCUT2D eigenvalue weighted by atomic mass is 10.2. The first kappa shape index (κ1) is 11.8. The largest absolute Gasteiger partial charge is 0.121 e. The minimum atomic E-state index is 1.13. The van der Waals surface area contributed by atoms with Gasteiger partial charge in [0.1, 0.15) is 0 Å². The molecule has 0 atom stereocenters. The van der Waals surface area contributed by atoms with Crippen LogP contribution in [0.3, 0.4) is 0 Å². The minimum absolute atomic E-state index is 1.13. The first-order valence-corrected chi connectivity index (χ1v) is 8.28. The SMILES string of the molecule is Brc1cc(-c2cc(Br)sc2Br)c(Br)s1. The monoisotopic (exact) mass is 478 g/mol. The molecule has 2 aromatic heterocycles. The highest BCUT2D eigenvalue weighted by atomic mass is 79.9. The minimum Gasteiger partial charge on any atom is -0.121 e. The molecule has 0 saturated heterocycles. The summed E-state index contributed by atoms with van der Waals surface area (Å²) in [5.74, 6) is 0. The van der Waals surface area contributed by atoms with Gasteiger partial charge >= 0.3 is 0 Å². The molecule has 14 heavy (non-hydrogen) atoms. The second kappa shape index (κ2) is 4.67. The molecule has 0 aliphatic heterocycles. The van der Waals surface area contributed by atoms with E-state index in [-0.39, 0.29) is 0 Å². The van der Waals surface area contributed by atoms with Gasteiger partial charge in [-0.15, -0.1) is 22.7 Å². The van der Waals surface area contributed by atoms with Gasteiger partial charge in [0.15, 0.2) is 0 Å². The molecule has 0 spiro atoms. The van der Waals surface area contributed by atoms with Gasteiger partial charge in [0.25, 0.3) is 0 Å². The van der Waals surface area contributed by atoms with E-state index in [4.69, 9.17) is 0 Å². The number of thiophene rings is 2. The Morgan fingerprint density at radius 1 is 0.714 bits per heavy atom. The molecule has 0 aromatic carbocycles. The van der Waals surface area contributed by atoms with Gasteiger partial charge in [-0.25, -0.2) is 0 Å². The van der Waals surface area contributed by atoms with E-state index in [1.54, 1.807) is 22.7 Å². The van der Waals surface area contributed by atoms with E-state index in [1.165, 1.54) is 11.1 Å². The molecule has 0 N–H and O–H groups in total. The Morgan fingerprint density at radius 3 is 1.29 bits per heavy atom. The van der Waals surface area contributed by atoms with E-state index in [1.807, 2.05) is 0 Å². The summed E-state index contributed by atoms with van der Waals surface area (Å²) >= 11 is 17.4. The molecule has 74 valence electrons. The first-order valence-electron chi connectivity index (χ1n) is 3.48. The Bertz CT molecular complexity index is 427. The van der Waals surface area contributed by atoms with Gasteiger partial charge < -0.3 is 0 Å². The Labute approximate surface area is 123 Å². The van der Waals surface area contributed by atoms with Crippen LogP contribution in [0.2, 0.25) is 0 Å². The van der Waals surface area contributed by atoms with Crippen molar-refractivity contribution in [2.45, 2.75) is 0 Å². The summed E-state index contributed by atoms with van der Waals surface area (Å²) in [6.07, 6.45) is 0. The molecular formula is C8H2Br4S2. The van der Waals surface area contributed by atoms with Crippen LogP contribution in [0.25, 0.3) is 11.1 Å². The van der Waals surface area contributed by atoms with Gasteiger partial charge in [-0.3, -0.25) is 0 Å². The predicted octanol–water partition coefficient (Wildman–Crippen LogP) is 6.53. The predicted molar refractivity (Wildman–Crippen MR) is 78.4 cm³/mol. The molecule has 0 aliphatic rings. The summed E-state index contributed by atoms with van der Waals surface area (Å²) < 4.78 is 4.56. The van der Waals surface area contributed by atoms with Gasteiger partial charge in [0.2, 0.25) is 0 Å². The molecule has 0 unspecified atom stereocenters. The number of hydrogen-bond acceptors (Lipinski definition) is 2. The molecule has 0 radical (unpaired) electrons. The summed E-state index contributed by atoms with van der Waals surface area (Å²) in [6.45, 7) is 0. The zero-order valence-electron chi connectivity index (χ0n) is 6.48. The standard InChI is InChI=1S/C8H2Br4S2/c9-5-1-3(7(11)13-5)4-2-6(10)14-8(4)12/h1-2H. The van der Waals surface area contributed by atoms with Crippen molar-refractivity contribution in [1.82, 2.24) is 0 Å². The summed E-state index contributed by atoms with van der Waals surface area (Å²) in [5, 5.41) is 0. The van der Waals surface area contributed by atoms with Crippen molar-refractivity contribution in [3.63, 3.8) is 0 Å². The molecule has 6 heteroatoms. The Hall–Kier alpha value is 1.32. The van der Waals surface area contributed by atoms with Crippen molar-refractivity contribution < 1.29 is 0 Å². The molecular weight excluding hydrogens is 480 g/mol. The lowest BCUT2D eigenvalue weighted by Gasteiger charge is -1.94. The highest BCUT2D eigenvalue weighted by molar-refractivity contribution is 9.12. The van der Waals surface area contributed by atoms with Gasteiger partial charge in [0.05, 0.1) is 15.1 Å². The maximum Gasteiger partial charge on any atom is 0.0789 e. The molecule has 2 aromatic rings. The summed E-state index contributed by atoms with van der Waals surface area (Å²) in [5.41, 5.74) is 2.44. The van der Waals surface area contributed by atoms with E-state index in [2.05, 4.69) is 75.9 Å². The van der Waals surface area contributed by atoms with E-state index >= 15 is 0 Å². The fraction of sp³-hybridized carbons (Fsp3) is 0. The molecule has 0 aliphatic carbocycles. The van der Waals surface area contributed by atoms with Crippen molar-refractivity contribution in [1.29, 1.82) is 0 Å². The fourth-order valence-electron chi connectivity index (χ4n) is 1.05. The van der Waals surface area contributed by atoms with Gasteiger partial charge in [-0.1, -0.05) is 0 Å².